The van der Waals surface area contributed by atoms with Gasteiger partial charge in [-0.1, -0.05) is 91.0 Å². The van der Waals surface area contributed by atoms with Crippen LogP contribution in [0, 0.1) is 22.7 Å². The Hall–Kier alpha value is -6.56. The third kappa shape index (κ3) is 7.07. The molecule has 1 heterocycles. The van der Waals surface area contributed by atoms with Gasteiger partial charge in [-0.15, -0.1) is 0 Å². The molecule has 6 rings (SSSR count). The van der Waals surface area contributed by atoms with Gasteiger partial charge in [-0.25, -0.2) is 0 Å². The van der Waals surface area contributed by atoms with Crippen molar-refractivity contribution in [1.29, 1.82) is 10.5 Å². The second kappa shape index (κ2) is 14.0. The van der Waals surface area contributed by atoms with E-state index in [0.717, 1.165) is 33.9 Å². The van der Waals surface area contributed by atoms with Crippen molar-refractivity contribution in [3.8, 4) is 12.1 Å². The molecule has 0 N–H and O–H groups in total. The van der Waals surface area contributed by atoms with Crippen molar-refractivity contribution in [2.75, 3.05) is 23.9 Å². The summed E-state index contributed by atoms with van der Waals surface area (Å²) in [6.07, 6.45) is 11.0. The minimum atomic E-state index is 0.0271. The first-order chi connectivity index (χ1) is 23.0. The Bertz CT molecular complexity index is 2120. The average Bonchev–Trinajstić information content (AvgIpc) is 3.12. The molecular formula is C42H32N4O. The van der Waals surface area contributed by atoms with Gasteiger partial charge in [0, 0.05) is 42.1 Å². The summed E-state index contributed by atoms with van der Waals surface area (Å²) in [6, 6.07) is 45.6. The van der Waals surface area contributed by atoms with Gasteiger partial charge in [-0.3, -0.25) is 0 Å². The summed E-state index contributed by atoms with van der Waals surface area (Å²) in [5.74, 6) is 1.06. The Morgan fingerprint density at radius 2 is 1.11 bits per heavy atom. The highest BCUT2D eigenvalue weighted by atomic mass is 16.5. The van der Waals surface area contributed by atoms with E-state index in [1.807, 2.05) is 97.9 Å². The van der Waals surface area contributed by atoms with Crippen molar-refractivity contribution in [2.45, 2.75) is 0 Å². The zero-order valence-corrected chi connectivity index (χ0v) is 26.2. The van der Waals surface area contributed by atoms with Crippen molar-refractivity contribution in [3.05, 3.63) is 179 Å². The summed E-state index contributed by atoms with van der Waals surface area (Å²) in [5.41, 5.74) is 6.83. The summed E-state index contributed by atoms with van der Waals surface area (Å²) in [6.45, 7) is 0. The van der Waals surface area contributed by atoms with Gasteiger partial charge < -0.3 is 14.5 Å². The molecule has 0 spiro atoms. The molecule has 0 radical (unpaired) electrons. The lowest BCUT2D eigenvalue weighted by Gasteiger charge is -2.27. The second-order valence-corrected chi connectivity index (χ2v) is 11.2. The Morgan fingerprint density at radius 1 is 0.574 bits per heavy atom. The molecule has 5 nitrogen and oxygen atoms in total. The van der Waals surface area contributed by atoms with Gasteiger partial charge >= 0.3 is 0 Å². The topological polar surface area (TPSA) is 63.3 Å². The van der Waals surface area contributed by atoms with Crippen LogP contribution in [0.15, 0.2) is 168 Å². The molecule has 0 fully saturated rings. The minimum Gasteiger partial charge on any atom is -0.457 e. The standard InChI is InChI=1S/C42H32N4O/c1-45(2)36-21-15-31(16-22-36)19-25-39-27-34(35(29-43)30-44)28-40(47-39)26-20-32-17-23-38(24-18-32)46(37-11-4-3-5-12-37)42-14-8-10-33-9-6-7-13-41(33)42/h3-28H,1-2H3/b25-19+,26-20+. The summed E-state index contributed by atoms with van der Waals surface area (Å²) < 4.78 is 6.16. The Morgan fingerprint density at radius 3 is 1.70 bits per heavy atom. The lowest BCUT2D eigenvalue weighted by atomic mass is 10.0. The number of rotatable bonds is 8. The lowest BCUT2D eigenvalue weighted by molar-refractivity contribution is 0.332. The van der Waals surface area contributed by atoms with E-state index in [-0.39, 0.29) is 5.57 Å². The van der Waals surface area contributed by atoms with Crippen LogP contribution in [0.1, 0.15) is 11.1 Å². The molecule has 0 saturated heterocycles. The number of nitrogens with zero attached hydrogens (tertiary/aromatic N) is 4. The first-order valence-corrected chi connectivity index (χ1v) is 15.2. The van der Waals surface area contributed by atoms with E-state index >= 15 is 0 Å². The first kappa shape index (κ1) is 30.5. The summed E-state index contributed by atoms with van der Waals surface area (Å²) in [4.78, 5) is 4.31. The van der Waals surface area contributed by atoms with Crippen molar-refractivity contribution in [2.24, 2.45) is 0 Å². The maximum Gasteiger partial charge on any atom is 0.137 e. The molecule has 5 aromatic rings. The number of nitriles is 2. The van der Waals surface area contributed by atoms with Crippen LogP contribution >= 0.6 is 0 Å². The average molecular weight is 609 g/mol. The number of ether oxygens (including phenoxy) is 1. The van der Waals surface area contributed by atoms with Crippen LogP contribution in [0.25, 0.3) is 22.9 Å². The van der Waals surface area contributed by atoms with Crippen LogP contribution in [-0.4, -0.2) is 14.1 Å². The maximum absolute atomic E-state index is 9.56. The van der Waals surface area contributed by atoms with Crippen molar-refractivity contribution in [1.82, 2.24) is 0 Å². The molecule has 0 bridgehead atoms. The van der Waals surface area contributed by atoms with Gasteiger partial charge in [-0.05, 0) is 83.3 Å². The summed E-state index contributed by atoms with van der Waals surface area (Å²) in [5, 5.41) is 21.5. The molecule has 0 atom stereocenters. The fraction of sp³-hybridized carbons (Fsp3) is 0.0476. The van der Waals surface area contributed by atoms with E-state index in [1.54, 1.807) is 12.2 Å². The van der Waals surface area contributed by atoms with E-state index in [4.69, 9.17) is 4.74 Å². The molecule has 226 valence electrons. The number of hydrogen-bond donors (Lipinski definition) is 0. The van der Waals surface area contributed by atoms with Crippen LogP contribution < -0.4 is 9.80 Å². The summed E-state index contributed by atoms with van der Waals surface area (Å²) in [7, 11) is 4.01. The molecule has 47 heavy (non-hydrogen) atoms. The smallest absolute Gasteiger partial charge is 0.137 e. The van der Waals surface area contributed by atoms with Crippen molar-refractivity contribution >= 4 is 45.7 Å². The van der Waals surface area contributed by atoms with Gasteiger partial charge in [-0.2, -0.15) is 10.5 Å². The fourth-order valence-electron chi connectivity index (χ4n) is 5.39. The van der Waals surface area contributed by atoms with E-state index < -0.39 is 0 Å². The molecule has 1 aliphatic heterocycles. The predicted molar refractivity (Wildman–Crippen MR) is 193 cm³/mol. The van der Waals surface area contributed by atoms with Crippen LogP contribution in [0.2, 0.25) is 0 Å². The molecule has 5 aromatic carbocycles. The van der Waals surface area contributed by atoms with Gasteiger partial charge in [0.05, 0.1) is 5.69 Å². The number of fused-ring (bicyclic) bond motifs is 1. The Labute approximate surface area is 275 Å². The lowest BCUT2D eigenvalue weighted by Crippen LogP contribution is -2.10. The van der Waals surface area contributed by atoms with E-state index in [9.17, 15) is 10.5 Å². The third-order valence-corrected chi connectivity index (χ3v) is 7.81. The maximum atomic E-state index is 9.56. The largest absolute Gasteiger partial charge is 0.457 e. The molecule has 0 aromatic heterocycles. The SMILES string of the molecule is CN(C)c1ccc(/C=C/C2=CC(=C(C#N)C#N)C=C(/C=C/c3ccc(N(c4ccccc4)c4cccc5ccccc45)cc3)O2)cc1. The van der Waals surface area contributed by atoms with E-state index in [0.29, 0.717) is 17.1 Å². The molecule has 0 saturated carbocycles. The Balaban J connectivity index is 1.27. The van der Waals surface area contributed by atoms with E-state index in [2.05, 4.69) is 83.8 Å². The van der Waals surface area contributed by atoms with Crippen LogP contribution in [0.4, 0.5) is 22.7 Å². The predicted octanol–water partition coefficient (Wildman–Crippen LogP) is 10.2. The van der Waals surface area contributed by atoms with E-state index in [1.165, 1.54) is 10.8 Å². The zero-order valence-electron chi connectivity index (χ0n) is 26.2. The van der Waals surface area contributed by atoms with Crippen LogP contribution in [0.5, 0.6) is 0 Å². The normalized spacial score (nSPS) is 12.6. The number of para-hydroxylation sites is 1. The molecule has 0 aliphatic carbocycles. The molecule has 1 aliphatic rings. The van der Waals surface area contributed by atoms with Crippen molar-refractivity contribution < 1.29 is 4.74 Å². The Kier molecular flexibility index (Phi) is 9.10. The number of allylic oxidation sites excluding steroid dienone is 6. The molecule has 5 heteroatoms. The molecule has 0 unspecified atom stereocenters. The quantitative estimate of drug-likeness (QED) is 0.164. The van der Waals surface area contributed by atoms with Gasteiger partial charge in [0.25, 0.3) is 0 Å². The monoisotopic (exact) mass is 608 g/mol. The minimum absolute atomic E-state index is 0.0271. The van der Waals surface area contributed by atoms with Crippen LogP contribution in [0.3, 0.4) is 0 Å². The van der Waals surface area contributed by atoms with Crippen molar-refractivity contribution in [3.63, 3.8) is 0 Å². The summed E-state index contributed by atoms with van der Waals surface area (Å²) >= 11 is 0. The fourth-order valence-corrected chi connectivity index (χ4v) is 5.39. The van der Waals surface area contributed by atoms with Gasteiger partial charge in [0.2, 0.25) is 0 Å². The van der Waals surface area contributed by atoms with Gasteiger partial charge in [0.1, 0.15) is 29.2 Å². The molecule has 0 amide bonds. The third-order valence-electron chi connectivity index (χ3n) is 7.81. The highest BCUT2D eigenvalue weighted by molar-refractivity contribution is 5.98. The zero-order chi connectivity index (χ0) is 32.6. The van der Waals surface area contributed by atoms with Crippen LogP contribution in [-0.2, 0) is 4.74 Å². The number of hydrogen-bond acceptors (Lipinski definition) is 5. The van der Waals surface area contributed by atoms with Gasteiger partial charge in [0.15, 0.2) is 0 Å². The number of anilines is 4. The molecular weight excluding hydrogens is 576 g/mol. The highest BCUT2D eigenvalue weighted by Crippen LogP contribution is 2.38. The first-order valence-electron chi connectivity index (χ1n) is 15.2. The number of benzene rings is 5. The highest BCUT2D eigenvalue weighted by Gasteiger charge is 2.15. The second-order valence-electron chi connectivity index (χ2n) is 11.2.